The molecule has 6 heteroatoms. The molecule has 5 nitrogen and oxygen atoms in total. The Morgan fingerprint density at radius 2 is 2.00 bits per heavy atom. The fourth-order valence-electron chi connectivity index (χ4n) is 2.46. The lowest BCUT2D eigenvalue weighted by Crippen LogP contribution is -2.30. The highest BCUT2D eigenvalue weighted by molar-refractivity contribution is 6.31. The number of amides is 1. The van der Waals surface area contributed by atoms with Gasteiger partial charge in [0.25, 0.3) is 5.56 Å². The number of halogens is 1. The molecule has 0 aliphatic heterocycles. The van der Waals surface area contributed by atoms with E-state index in [0.29, 0.717) is 17.3 Å². The van der Waals surface area contributed by atoms with Gasteiger partial charge in [-0.2, -0.15) is 0 Å². The van der Waals surface area contributed by atoms with E-state index in [2.05, 4.69) is 10.6 Å². The molecule has 3 rings (SSSR count). The van der Waals surface area contributed by atoms with E-state index in [1.165, 1.54) is 23.5 Å². The minimum Gasteiger partial charge on any atom is -0.324 e. The van der Waals surface area contributed by atoms with Gasteiger partial charge in [0.05, 0.1) is 18.8 Å². The molecule has 1 heterocycles. The highest BCUT2D eigenvalue weighted by Crippen LogP contribution is 2.27. The fourth-order valence-corrected chi connectivity index (χ4v) is 2.65. The molecular formula is C18H20ClN3O2. The third-order valence-corrected chi connectivity index (χ3v) is 4.35. The van der Waals surface area contributed by atoms with E-state index in [1.807, 2.05) is 18.2 Å². The van der Waals surface area contributed by atoms with Crippen LogP contribution in [-0.4, -0.2) is 23.6 Å². The van der Waals surface area contributed by atoms with Crippen molar-refractivity contribution < 1.29 is 4.79 Å². The average Bonchev–Trinajstić information content (AvgIpc) is 3.37. The average molecular weight is 346 g/mol. The van der Waals surface area contributed by atoms with Gasteiger partial charge in [-0.15, -0.1) is 0 Å². The molecule has 2 N–H and O–H groups in total. The van der Waals surface area contributed by atoms with Gasteiger partial charge in [-0.05, 0) is 43.0 Å². The Labute approximate surface area is 145 Å². The number of nitrogens with zero attached hydrogens (tertiary/aromatic N) is 1. The van der Waals surface area contributed by atoms with Crippen LogP contribution in [0.15, 0.2) is 47.4 Å². The predicted octanol–water partition coefficient (Wildman–Crippen LogP) is 2.49. The summed E-state index contributed by atoms with van der Waals surface area (Å²) < 4.78 is 1.54. The number of pyridine rings is 1. The Hall–Kier alpha value is -2.11. The van der Waals surface area contributed by atoms with Crippen molar-refractivity contribution >= 4 is 23.2 Å². The summed E-state index contributed by atoms with van der Waals surface area (Å²) in [7, 11) is 0. The Bertz CT molecular complexity index is 784. The minimum absolute atomic E-state index is 0.112. The van der Waals surface area contributed by atoms with E-state index in [0.717, 1.165) is 18.0 Å². The summed E-state index contributed by atoms with van der Waals surface area (Å²) in [6.07, 6.45) is 4.15. The molecular weight excluding hydrogens is 326 g/mol. The second-order valence-electron chi connectivity index (χ2n) is 6.10. The monoisotopic (exact) mass is 345 g/mol. The van der Waals surface area contributed by atoms with Crippen LogP contribution in [0.4, 0.5) is 5.69 Å². The van der Waals surface area contributed by atoms with Gasteiger partial charge in [0.15, 0.2) is 0 Å². The van der Waals surface area contributed by atoms with Gasteiger partial charge in [-0.25, -0.2) is 0 Å². The lowest BCUT2D eigenvalue weighted by Gasteiger charge is -2.11. The summed E-state index contributed by atoms with van der Waals surface area (Å²) in [4.78, 5) is 24.0. The zero-order valence-electron chi connectivity index (χ0n) is 13.3. The molecule has 0 saturated heterocycles. The Balaban J connectivity index is 1.63. The third kappa shape index (κ3) is 4.69. The number of anilines is 1. The van der Waals surface area contributed by atoms with Crippen molar-refractivity contribution in [3.05, 3.63) is 63.5 Å². The molecule has 1 fully saturated rings. The molecule has 1 aliphatic carbocycles. The minimum atomic E-state index is -0.139. The lowest BCUT2D eigenvalue weighted by atomic mass is 10.2. The molecule has 1 aliphatic rings. The molecule has 0 radical (unpaired) electrons. The maximum atomic E-state index is 12.0. The molecule has 2 aromatic rings. The summed E-state index contributed by atoms with van der Waals surface area (Å²) >= 11 is 6.15. The zero-order valence-corrected chi connectivity index (χ0v) is 14.1. The summed E-state index contributed by atoms with van der Waals surface area (Å²) in [6, 6.07) is 10.5. The Kier molecular flexibility index (Phi) is 5.33. The van der Waals surface area contributed by atoms with Crippen LogP contribution in [-0.2, 0) is 11.3 Å². The number of rotatable bonds is 7. The van der Waals surface area contributed by atoms with Crippen LogP contribution < -0.4 is 16.2 Å². The molecule has 24 heavy (non-hydrogen) atoms. The molecule has 1 aromatic heterocycles. The summed E-state index contributed by atoms with van der Waals surface area (Å²) in [5.74, 6) is 0.619. The predicted molar refractivity (Wildman–Crippen MR) is 95.5 cm³/mol. The quantitative estimate of drug-likeness (QED) is 0.810. The Morgan fingerprint density at radius 1 is 1.21 bits per heavy atom. The van der Waals surface area contributed by atoms with Gasteiger partial charge >= 0.3 is 0 Å². The van der Waals surface area contributed by atoms with Crippen molar-refractivity contribution in [1.29, 1.82) is 0 Å². The summed E-state index contributed by atoms with van der Waals surface area (Å²) in [5, 5.41) is 6.57. The Morgan fingerprint density at radius 3 is 2.75 bits per heavy atom. The van der Waals surface area contributed by atoms with Crippen LogP contribution in [0.3, 0.4) is 0 Å². The molecule has 0 atom stereocenters. The van der Waals surface area contributed by atoms with E-state index in [4.69, 9.17) is 11.6 Å². The maximum absolute atomic E-state index is 12.0. The highest BCUT2D eigenvalue weighted by Gasteiger charge is 2.20. The molecule has 1 saturated carbocycles. The first-order valence-corrected chi connectivity index (χ1v) is 8.44. The maximum Gasteiger partial charge on any atom is 0.250 e. The first kappa shape index (κ1) is 16.7. The van der Waals surface area contributed by atoms with Crippen LogP contribution in [0.1, 0.15) is 18.4 Å². The number of hydrogen-bond donors (Lipinski definition) is 2. The number of carbonyl (C=O) groups excluding carboxylic acids is 1. The van der Waals surface area contributed by atoms with Gasteiger partial charge in [0, 0.05) is 17.3 Å². The lowest BCUT2D eigenvalue weighted by molar-refractivity contribution is -0.115. The molecule has 0 unspecified atom stereocenters. The van der Waals surface area contributed by atoms with Crippen molar-refractivity contribution in [3.8, 4) is 0 Å². The van der Waals surface area contributed by atoms with Crippen LogP contribution in [0.5, 0.6) is 0 Å². The van der Waals surface area contributed by atoms with Crippen LogP contribution in [0.25, 0.3) is 0 Å². The van der Waals surface area contributed by atoms with Gasteiger partial charge in [0.2, 0.25) is 5.91 Å². The molecule has 126 valence electrons. The first-order valence-electron chi connectivity index (χ1n) is 8.06. The highest BCUT2D eigenvalue weighted by atomic mass is 35.5. The largest absolute Gasteiger partial charge is 0.324 e. The first-order chi connectivity index (χ1) is 11.6. The van der Waals surface area contributed by atoms with Crippen molar-refractivity contribution in [2.75, 3.05) is 18.4 Å². The number of nitrogens with one attached hydrogen (secondary N) is 2. The number of aromatic nitrogens is 1. The van der Waals surface area contributed by atoms with E-state index in [9.17, 15) is 9.59 Å². The third-order valence-electron chi connectivity index (χ3n) is 3.98. The van der Waals surface area contributed by atoms with Gasteiger partial charge < -0.3 is 15.2 Å². The van der Waals surface area contributed by atoms with E-state index in [-0.39, 0.29) is 18.0 Å². The summed E-state index contributed by atoms with van der Waals surface area (Å²) in [5.41, 5.74) is 1.32. The normalized spacial score (nSPS) is 13.7. The van der Waals surface area contributed by atoms with E-state index >= 15 is 0 Å². The number of benzene rings is 1. The summed E-state index contributed by atoms with van der Waals surface area (Å²) in [6.45, 7) is 1.53. The van der Waals surface area contributed by atoms with Crippen molar-refractivity contribution in [2.24, 2.45) is 5.92 Å². The van der Waals surface area contributed by atoms with E-state index < -0.39 is 0 Å². The van der Waals surface area contributed by atoms with Crippen LogP contribution >= 0.6 is 11.6 Å². The topological polar surface area (TPSA) is 63.1 Å². The fraction of sp³-hybridized carbons (Fsp3) is 0.333. The number of hydrogen-bond acceptors (Lipinski definition) is 3. The van der Waals surface area contributed by atoms with Gasteiger partial charge in [-0.1, -0.05) is 29.8 Å². The second kappa shape index (κ2) is 7.64. The molecule has 0 bridgehead atoms. The van der Waals surface area contributed by atoms with Gasteiger partial charge in [0.1, 0.15) is 0 Å². The smallest absolute Gasteiger partial charge is 0.250 e. The standard InChI is InChI=1S/C18H20ClN3O2/c19-16-4-2-1-3-14(16)11-22-12-15(7-8-18(22)24)21-17(23)10-20-9-13-5-6-13/h1-4,7-8,12-13,20H,5-6,9-11H2,(H,21,23). The van der Waals surface area contributed by atoms with Gasteiger partial charge in [-0.3, -0.25) is 9.59 Å². The second-order valence-corrected chi connectivity index (χ2v) is 6.50. The molecule has 1 aromatic carbocycles. The van der Waals surface area contributed by atoms with E-state index in [1.54, 1.807) is 18.3 Å². The van der Waals surface area contributed by atoms with Crippen molar-refractivity contribution in [2.45, 2.75) is 19.4 Å². The van der Waals surface area contributed by atoms with Crippen LogP contribution in [0, 0.1) is 5.92 Å². The SMILES string of the molecule is O=C(CNCC1CC1)Nc1ccc(=O)n(Cc2ccccc2Cl)c1. The number of carbonyl (C=O) groups is 1. The van der Waals surface area contributed by atoms with Crippen molar-refractivity contribution in [3.63, 3.8) is 0 Å². The molecule has 1 amide bonds. The zero-order chi connectivity index (χ0) is 16.9. The molecule has 0 spiro atoms. The van der Waals surface area contributed by atoms with Crippen molar-refractivity contribution in [1.82, 2.24) is 9.88 Å². The van der Waals surface area contributed by atoms with Crippen LogP contribution in [0.2, 0.25) is 5.02 Å².